The van der Waals surface area contributed by atoms with Crippen LogP contribution in [0, 0.1) is 61.8 Å². The smallest absolute Gasteiger partial charge is 0.417 e. The number of nitro benzene ring substituents is 2. The molecule has 0 fully saturated rings. The maximum atomic E-state index is 13.3. The van der Waals surface area contributed by atoms with Crippen molar-refractivity contribution in [2.24, 2.45) is 4.99 Å². The number of hydrogen-bond acceptors (Lipinski definition) is 15. The van der Waals surface area contributed by atoms with Gasteiger partial charge >= 0.3 is 12.2 Å². The minimum atomic E-state index is -5.13. The summed E-state index contributed by atoms with van der Waals surface area (Å²) in [4.78, 5) is 50.7. The van der Waals surface area contributed by atoms with Gasteiger partial charge < -0.3 is 19.2 Å². The number of carbonyl (C=O) groups excluding carboxylic acids is 2. The van der Waals surface area contributed by atoms with E-state index in [0.29, 0.717) is 44.9 Å². The number of fused-ring (bicyclic) bond motifs is 2. The quantitative estimate of drug-likeness (QED) is 0.0329. The van der Waals surface area contributed by atoms with E-state index in [1.165, 1.54) is 78.9 Å². The van der Waals surface area contributed by atoms with E-state index in [1.807, 2.05) is 13.0 Å². The van der Waals surface area contributed by atoms with Gasteiger partial charge in [0.15, 0.2) is 0 Å². The van der Waals surface area contributed by atoms with Crippen molar-refractivity contribution in [3.63, 3.8) is 0 Å². The fourth-order valence-electron chi connectivity index (χ4n) is 8.58. The van der Waals surface area contributed by atoms with Crippen LogP contribution in [0.1, 0.15) is 33.4 Å². The first kappa shape index (κ1) is 51.3. The summed E-state index contributed by atoms with van der Waals surface area (Å²) in [6.45, 7) is 10.4. The Kier molecular flexibility index (Phi) is 13.8. The molecular formula is C51H42N6O15S2. The number of nitrogens with zero attached hydrogens (tertiary/aromatic N) is 3. The number of nitrogens with one attached hydrogen (secondary N) is 3. The molecule has 0 radical (unpaired) electrons. The molecule has 378 valence electrons. The van der Waals surface area contributed by atoms with Crippen LogP contribution in [0.3, 0.4) is 0 Å². The molecule has 8 rings (SSSR count). The lowest BCUT2D eigenvalue weighted by Crippen LogP contribution is -2.19. The lowest BCUT2D eigenvalue weighted by atomic mass is 9.93. The van der Waals surface area contributed by atoms with E-state index < -0.39 is 52.1 Å². The van der Waals surface area contributed by atoms with E-state index in [2.05, 4.69) is 16.0 Å². The second-order valence-corrected chi connectivity index (χ2v) is 19.7. The minimum Gasteiger partial charge on any atom is -0.456 e. The number of anilines is 4. The van der Waals surface area contributed by atoms with Gasteiger partial charge in [0.05, 0.1) is 32.3 Å². The van der Waals surface area contributed by atoms with E-state index in [4.69, 9.17) is 18.9 Å². The zero-order valence-electron chi connectivity index (χ0n) is 39.8. The summed E-state index contributed by atoms with van der Waals surface area (Å²) in [5.74, 6) is 0.0345. The van der Waals surface area contributed by atoms with Crippen LogP contribution in [0.2, 0.25) is 0 Å². The Morgan fingerprint density at radius 1 is 0.595 bits per heavy atom. The van der Waals surface area contributed by atoms with E-state index in [0.717, 1.165) is 11.6 Å². The van der Waals surface area contributed by atoms with Gasteiger partial charge in [0.2, 0.25) is 0 Å². The van der Waals surface area contributed by atoms with Gasteiger partial charge in [0, 0.05) is 69.8 Å². The number of aryl methyl sites for hydroxylation is 4. The first-order chi connectivity index (χ1) is 34.9. The Bertz CT molecular complexity index is 3930. The molecule has 0 atom stereocenters. The molecular weight excluding hydrogens is 1000 g/mol. The van der Waals surface area contributed by atoms with Crippen molar-refractivity contribution in [3.8, 4) is 33.9 Å². The summed E-state index contributed by atoms with van der Waals surface area (Å²) in [5, 5.41) is 30.9. The predicted octanol–water partition coefficient (Wildman–Crippen LogP) is 11.6. The summed E-state index contributed by atoms with van der Waals surface area (Å²) in [5.41, 5.74) is 5.05. The molecule has 23 heteroatoms. The molecule has 0 unspecified atom stereocenters. The number of hydrogen-bond donors (Lipinski definition) is 5. The molecule has 2 aliphatic rings. The summed E-state index contributed by atoms with van der Waals surface area (Å²) in [7, 11) is -10.0. The van der Waals surface area contributed by atoms with E-state index >= 15 is 0 Å². The van der Waals surface area contributed by atoms with Crippen LogP contribution in [0.5, 0.6) is 11.5 Å². The van der Waals surface area contributed by atoms with Crippen LogP contribution in [0.4, 0.5) is 49.4 Å². The monoisotopic (exact) mass is 1040 g/mol. The van der Waals surface area contributed by atoms with Crippen LogP contribution in [-0.4, -0.2) is 48.0 Å². The van der Waals surface area contributed by atoms with Crippen molar-refractivity contribution in [2.75, 3.05) is 16.0 Å². The Morgan fingerprint density at radius 3 is 1.65 bits per heavy atom. The third kappa shape index (κ3) is 10.6. The zero-order chi connectivity index (χ0) is 53.6. The summed E-state index contributed by atoms with van der Waals surface area (Å²) in [6.07, 6.45) is -1.81. The van der Waals surface area contributed by atoms with Gasteiger partial charge in [-0.1, -0.05) is 30.3 Å². The molecule has 5 N–H and O–H groups in total. The Hall–Kier alpha value is -9.03. The highest BCUT2D eigenvalue weighted by Gasteiger charge is 2.28. The average Bonchev–Trinajstić information content (AvgIpc) is 3.33. The molecule has 0 aromatic heterocycles. The molecule has 1 aliphatic heterocycles. The van der Waals surface area contributed by atoms with Crippen molar-refractivity contribution in [1.29, 1.82) is 0 Å². The molecule has 0 saturated carbocycles. The number of non-ortho nitro benzene ring substituents is 2. The third-order valence-corrected chi connectivity index (χ3v) is 13.7. The van der Waals surface area contributed by atoms with Gasteiger partial charge in [0.1, 0.15) is 32.6 Å². The second kappa shape index (κ2) is 19.9. The number of amides is 2. The first-order valence-electron chi connectivity index (χ1n) is 22.0. The van der Waals surface area contributed by atoms with Gasteiger partial charge in [-0.05, 0) is 123 Å². The van der Waals surface area contributed by atoms with Crippen LogP contribution >= 0.6 is 0 Å². The fraction of sp³-hybridized carbons (Fsp3) is 0.118. The van der Waals surface area contributed by atoms with Crippen LogP contribution in [0.25, 0.3) is 33.4 Å². The summed E-state index contributed by atoms with van der Waals surface area (Å²) in [6, 6.07) is 25.9. The van der Waals surface area contributed by atoms with Crippen LogP contribution in [-0.2, 0) is 20.2 Å². The van der Waals surface area contributed by atoms with Crippen molar-refractivity contribution >= 4 is 83.2 Å². The molecule has 2 amide bonds. The Labute approximate surface area is 421 Å². The van der Waals surface area contributed by atoms with Crippen molar-refractivity contribution in [2.45, 2.75) is 51.3 Å². The molecule has 6 aromatic rings. The van der Waals surface area contributed by atoms with Crippen LogP contribution in [0.15, 0.2) is 134 Å². The minimum absolute atomic E-state index is 0.00358. The molecule has 0 saturated heterocycles. The van der Waals surface area contributed by atoms with Crippen LogP contribution < -0.4 is 30.8 Å². The van der Waals surface area contributed by atoms with E-state index in [-0.39, 0.29) is 73.0 Å². The number of carbonyl (C=O) groups is 2. The molecule has 6 aromatic carbocycles. The highest BCUT2D eigenvalue weighted by molar-refractivity contribution is 7.86. The lowest BCUT2D eigenvalue weighted by molar-refractivity contribution is -0.385. The molecule has 1 heterocycles. The lowest BCUT2D eigenvalue weighted by Gasteiger charge is -2.21. The SMILES string of the molecule is Cc1cc(C)c(NC(=O)Oc2ccc([N+](=O)[O-])cc2)c(C)c1/N=c1/cc2oc3cc(Nc4c(C)cc(C)c(NC(=O)Oc5ccc([N+](=O)[O-])cc5)c4C)ccc3c(-c3ccccc3S(=O)(=O)O)c-2cc1S(=O)(=O)O. The standard InChI is InChI=1S/C51H42N6O15S2/c1-26-21-28(3)48(54-50(58)70-35-16-12-33(13-17-35)56(60)61)30(5)46(26)52-32-11-20-37-41(23-32)72-42-25-40(44(74(67,68)69)24-39(42)45(37)38-9-7-8-10-43(38)73(64,65)66)53-47-27(2)22-29(4)49(31(47)6)55-51(59)71-36-18-14-34(15-19-36)57(62)63/h7-25,52H,1-6H3,(H,54,58)(H,55,59)(H,64,65,66)(H,67,68,69)/b53-40-. The fourth-order valence-corrected chi connectivity index (χ4v) is 9.92. The topological polar surface area (TPSA) is 309 Å². The maximum absolute atomic E-state index is 13.3. The maximum Gasteiger partial charge on any atom is 0.417 e. The Morgan fingerprint density at radius 2 is 1.11 bits per heavy atom. The van der Waals surface area contributed by atoms with E-state index in [9.17, 15) is 55.8 Å². The van der Waals surface area contributed by atoms with Crippen molar-refractivity contribution < 1.29 is 59.3 Å². The number of rotatable bonds is 12. The number of benzene rings is 7. The van der Waals surface area contributed by atoms with Gasteiger partial charge in [-0.25, -0.2) is 14.6 Å². The predicted molar refractivity (Wildman–Crippen MR) is 273 cm³/mol. The summed E-state index contributed by atoms with van der Waals surface area (Å²) < 4.78 is 91.0. The van der Waals surface area contributed by atoms with Crippen molar-refractivity contribution in [3.05, 3.63) is 174 Å². The molecule has 0 bridgehead atoms. The first-order valence-corrected chi connectivity index (χ1v) is 24.8. The molecule has 74 heavy (non-hydrogen) atoms. The van der Waals surface area contributed by atoms with Gasteiger partial charge in [-0.15, -0.1) is 0 Å². The summed E-state index contributed by atoms with van der Waals surface area (Å²) >= 11 is 0. The molecule has 0 spiro atoms. The second-order valence-electron chi connectivity index (χ2n) is 17.0. The Balaban J connectivity index is 1.25. The highest BCUT2D eigenvalue weighted by Crippen LogP contribution is 2.44. The third-order valence-electron chi connectivity index (χ3n) is 11.9. The van der Waals surface area contributed by atoms with Gasteiger partial charge in [0.25, 0.3) is 31.6 Å². The zero-order valence-corrected chi connectivity index (χ0v) is 41.5. The number of ether oxygens (including phenoxy) is 2. The van der Waals surface area contributed by atoms with Gasteiger partial charge in [-0.2, -0.15) is 16.8 Å². The van der Waals surface area contributed by atoms with Crippen molar-refractivity contribution in [1.82, 2.24) is 0 Å². The number of nitro groups is 2. The average molecular weight is 1040 g/mol. The molecule has 1 aliphatic carbocycles. The van der Waals surface area contributed by atoms with Gasteiger partial charge in [-0.3, -0.25) is 40.0 Å². The largest absolute Gasteiger partial charge is 0.456 e. The normalized spacial score (nSPS) is 11.9. The highest BCUT2D eigenvalue weighted by atomic mass is 32.2. The molecule has 21 nitrogen and oxygen atoms in total. The van der Waals surface area contributed by atoms with E-state index in [1.54, 1.807) is 58.9 Å².